The Morgan fingerprint density at radius 3 is 2.56 bits per heavy atom. The number of aromatic nitrogens is 2. The van der Waals surface area contributed by atoms with Crippen molar-refractivity contribution in [1.29, 1.82) is 0 Å². The maximum atomic E-state index is 13.0. The topological polar surface area (TPSA) is 76.0 Å². The number of aryl methyl sites for hydroxylation is 2. The van der Waals surface area contributed by atoms with E-state index in [0.717, 1.165) is 29.9 Å². The number of benzene rings is 2. The fraction of sp³-hybridized carbons (Fsp3) is 0.346. The number of nitrogens with zero attached hydrogens (tertiary/aromatic N) is 2. The molecule has 1 aliphatic rings. The monoisotopic (exact) mass is 430 g/mol. The number of imidazole rings is 1. The highest BCUT2D eigenvalue weighted by Gasteiger charge is 2.25. The second-order valence-electron chi connectivity index (χ2n) is 8.81. The first-order valence-electron chi connectivity index (χ1n) is 11.3. The fourth-order valence-corrected chi connectivity index (χ4v) is 4.13. The van der Waals surface area contributed by atoms with Gasteiger partial charge in [0.25, 0.3) is 5.91 Å². The summed E-state index contributed by atoms with van der Waals surface area (Å²) in [6, 6.07) is 14.4. The van der Waals surface area contributed by atoms with Gasteiger partial charge in [-0.1, -0.05) is 31.5 Å². The second-order valence-corrected chi connectivity index (χ2v) is 8.81. The molecule has 4 rings (SSSR count). The molecule has 0 radical (unpaired) electrons. The van der Waals surface area contributed by atoms with Crippen LogP contribution in [0.4, 0.5) is 5.69 Å². The number of hydrogen-bond acceptors (Lipinski definition) is 3. The van der Waals surface area contributed by atoms with E-state index in [9.17, 15) is 9.59 Å². The maximum absolute atomic E-state index is 13.0. The minimum Gasteiger partial charge on any atom is -0.340 e. The summed E-state index contributed by atoms with van der Waals surface area (Å²) in [4.78, 5) is 30.2. The SMILES string of the molecule is Cc1cccc(C(=O)NC(C(=O)Nc2ccc(-c3ncc4n3CCCC4)cc2)C(C)C)c1. The number of hydrogen-bond donors (Lipinski definition) is 2. The van der Waals surface area contributed by atoms with Gasteiger partial charge in [0.1, 0.15) is 11.9 Å². The number of carbonyl (C=O) groups is 2. The molecule has 0 spiro atoms. The van der Waals surface area contributed by atoms with E-state index in [1.165, 1.54) is 18.5 Å². The summed E-state index contributed by atoms with van der Waals surface area (Å²) < 4.78 is 2.28. The van der Waals surface area contributed by atoms with Crippen molar-refractivity contribution < 1.29 is 9.59 Å². The Morgan fingerprint density at radius 2 is 1.84 bits per heavy atom. The number of rotatable bonds is 6. The van der Waals surface area contributed by atoms with Crippen LogP contribution in [0.1, 0.15) is 48.3 Å². The third-order valence-electron chi connectivity index (χ3n) is 5.93. The predicted octanol–water partition coefficient (Wildman–Crippen LogP) is 4.59. The first kappa shape index (κ1) is 21.8. The van der Waals surface area contributed by atoms with Gasteiger partial charge in [-0.25, -0.2) is 4.98 Å². The Bertz CT molecular complexity index is 1120. The van der Waals surface area contributed by atoms with E-state index in [2.05, 4.69) is 20.2 Å². The molecule has 166 valence electrons. The van der Waals surface area contributed by atoms with E-state index in [-0.39, 0.29) is 17.7 Å². The standard InChI is InChI=1S/C26H30N4O2/c1-17(2)23(29-25(31)20-8-6-7-18(3)15-20)26(32)28-21-12-10-19(11-13-21)24-27-16-22-9-4-5-14-30(22)24/h6-8,10-13,15-17,23H,4-5,9,14H2,1-3H3,(H,28,32)(H,29,31). The van der Waals surface area contributed by atoms with Gasteiger partial charge in [-0.05, 0) is 68.5 Å². The van der Waals surface area contributed by atoms with E-state index >= 15 is 0 Å². The summed E-state index contributed by atoms with van der Waals surface area (Å²) in [5.74, 6) is 0.441. The highest BCUT2D eigenvalue weighted by molar-refractivity contribution is 6.01. The van der Waals surface area contributed by atoms with Crippen LogP contribution in [-0.4, -0.2) is 27.4 Å². The fourth-order valence-electron chi connectivity index (χ4n) is 4.13. The quantitative estimate of drug-likeness (QED) is 0.601. The molecule has 32 heavy (non-hydrogen) atoms. The minimum atomic E-state index is -0.637. The number of carbonyl (C=O) groups excluding carboxylic acids is 2. The molecular weight excluding hydrogens is 400 g/mol. The summed E-state index contributed by atoms with van der Waals surface area (Å²) in [6.07, 6.45) is 5.43. The number of anilines is 1. The average Bonchev–Trinajstić information content (AvgIpc) is 3.21. The molecule has 2 aromatic carbocycles. The van der Waals surface area contributed by atoms with Crippen LogP contribution in [0.5, 0.6) is 0 Å². The van der Waals surface area contributed by atoms with Crippen molar-refractivity contribution in [3.63, 3.8) is 0 Å². The first-order chi connectivity index (χ1) is 15.4. The molecule has 3 aromatic rings. The van der Waals surface area contributed by atoms with Crippen LogP contribution in [0.2, 0.25) is 0 Å². The molecule has 6 heteroatoms. The molecule has 2 N–H and O–H groups in total. The first-order valence-corrected chi connectivity index (χ1v) is 11.3. The van der Waals surface area contributed by atoms with Crippen molar-refractivity contribution in [3.8, 4) is 11.4 Å². The van der Waals surface area contributed by atoms with Crippen LogP contribution in [0.15, 0.2) is 54.7 Å². The zero-order valence-corrected chi connectivity index (χ0v) is 18.9. The molecule has 0 saturated heterocycles. The van der Waals surface area contributed by atoms with Crippen molar-refractivity contribution in [2.75, 3.05) is 5.32 Å². The van der Waals surface area contributed by atoms with Gasteiger partial charge in [-0.15, -0.1) is 0 Å². The van der Waals surface area contributed by atoms with Gasteiger partial charge < -0.3 is 15.2 Å². The van der Waals surface area contributed by atoms with Gasteiger partial charge in [-0.2, -0.15) is 0 Å². The molecule has 0 fully saturated rings. The lowest BCUT2D eigenvalue weighted by molar-refractivity contribution is -0.118. The molecule has 2 amide bonds. The molecule has 0 saturated carbocycles. The third kappa shape index (κ3) is 4.74. The van der Waals surface area contributed by atoms with Gasteiger partial charge in [0.15, 0.2) is 0 Å². The van der Waals surface area contributed by atoms with Crippen molar-refractivity contribution >= 4 is 17.5 Å². The third-order valence-corrected chi connectivity index (χ3v) is 5.93. The Morgan fingerprint density at radius 1 is 1.06 bits per heavy atom. The van der Waals surface area contributed by atoms with Crippen LogP contribution >= 0.6 is 0 Å². The van der Waals surface area contributed by atoms with E-state index in [4.69, 9.17) is 0 Å². The minimum absolute atomic E-state index is 0.0560. The van der Waals surface area contributed by atoms with Gasteiger partial charge in [0, 0.05) is 35.2 Å². The summed E-state index contributed by atoms with van der Waals surface area (Å²) in [7, 11) is 0. The van der Waals surface area contributed by atoms with Crippen LogP contribution in [0, 0.1) is 12.8 Å². The van der Waals surface area contributed by atoms with Crippen LogP contribution in [0.3, 0.4) is 0 Å². The summed E-state index contributed by atoms with van der Waals surface area (Å²) in [5.41, 5.74) is 4.56. The molecule has 6 nitrogen and oxygen atoms in total. The van der Waals surface area contributed by atoms with Crippen molar-refractivity contribution in [2.24, 2.45) is 5.92 Å². The lowest BCUT2D eigenvalue weighted by Gasteiger charge is -2.22. The van der Waals surface area contributed by atoms with E-state index in [1.54, 1.807) is 6.07 Å². The number of nitrogens with one attached hydrogen (secondary N) is 2. The average molecular weight is 431 g/mol. The van der Waals surface area contributed by atoms with Gasteiger partial charge in [0.05, 0.1) is 0 Å². The largest absolute Gasteiger partial charge is 0.340 e. The van der Waals surface area contributed by atoms with Crippen LogP contribution in [-0.2, 0) is 17.8 Å². The normalized spacial score (nSPS) is 14.0. The van der Waals surface area contributed by atoms with Gasteiger partial charge in [0.2, 0.25) is 5.91 Å². The van der Waals surface area contributed by atoms with Gasteiger partial charge >= 0.3 is 0 Å². The molecule has 1 aliphatic heterocycles. The smallest absolute Gasteiger partial charge is 0.251 e. The maximum Gasteiger partial charge on any atom is 0.251 e. The highest BCUT2D eigenvalue weighted by atomic mass is 16.2. The van der Waals surface area contributed by atoms with Crippen molar-refractivity contribution in [3.05, 3.63) is 71.5 Å². The Labute approximate surface area is 189 Å². The molecule has 2 heterocycles. The van der Waals surface area contributed by atoms with Gasteiger partial charge in [-0.3, -0.25) is 9.59 Å². The number of amides is 2. The zero-order chi connectivity index (χ0) is 22.7. The summed E-state index contributed by atoms with van der Waals surface area (Å²) in [5, 5.41) is 5.83. The predicted molar refractivity (Wildman–Crippen MR) is 127 cm³/mol. The lowest BCUT2D eigenvalue weighted by Crippen LogP contribution is -2.47. The molecule has 1 unspecified atom stereocenters. The zero-order valence-electron chi connectivity index (χ0n) is 18.9. The molecule has 0 bridgehead atoms. The summed E-state index contributed by atoms with van der Waals surface area (Å²) in [6.45, 7) is 6.78. The molecule has 0 aliphatic carbocycles. The Kier molecular flexibility index (Phi) is 6.40. The summed E-state index contributed by atoms with van der Waals surface area (Å²) >= 11 is 0. The van der Waals surface area contributed by atoms with E-state index < -0.39 is 6.04 Å². The lowest BCUT2D eigenvalue weighted by atomic mass is 10.0. The second kappa shape index (κ2) is 9.39. The molecule has 1 aromatic heterocycles. The van der Waals surface area contributed by atoms with Crippen molar-refractivity contribution in [2.45, 2.75) is 52.6 Å². The Balaban J connectivity index is 1.44. The highest BCUT2D eigenvalue weighted by Crippen LogP contribution is 2.25. The van der Waals surface area contributed by atoms with Crippen LogP contribution < -0.4 is 10.6 Å². The Hall–Kier alpha value is -3.41. The van der Waals surface area contributed by atoms with Crippen LogP contribution in [0.25, 0.3) is 11.4 Å². The van der Waals surface area contributed by atoms with E-state index in [1.807, 2.05) is 69.4 Å². The van der Waals surface area contributed by atoms with Crippen molar-refractivity contribution in [1.82, 2.24) is 14.9 Å². The molecular formula is C26H30N4O2. The van der Waals surface area contributed by atoms with E-state index in [0.29, 0.717) is 11.3 Å². The molecule has 1 atom stereocenters. The number of fused-ring (bicyclic) bond motifs is 1.